The van der Waals surface area contributed by atoms with Crippen LogP contribution in [-0.4, -0.2) is 24.0 Å². The summed E-state index contributed by atoms with van der Waals surface area (Å²) in [6.07, 6.45) is 0.296. The van der Waals surface area contributed by atoms with E-state index in [9.17, 15) is 17.6 Å². The lowest BCUT2D eigenvalue weighted by atomic mass is 10.1. The highest BCUT2D eigenvalue weighted by molar-refractivity contribution is 7.89. The van der Waals surface area contributed by atoms with Gasteiger partial charge in [-0.15, -0.1) is 0 Å². The third-order valence-electron chi connectivity index (χ3n) is 3.87. The third-order valence-corrected chi connectivity index (χ3v) is 4.80. The molecule has 0 saturated heterocycles. The zero-order chi connectivity index (χ0) is 18.9. The van der Waals surface area contributed by atoms with Crippen LogP contribution in [-0.2, 0) is 10.0 Å². The molecule has 3 rings (SSSR count). The normalized spacial score (nSPS) is 11.5. The van der Waals surface area contributed by atoms with Gasteiger partial charge in [-0.3, -0.25) is 4.79 Å². The van der Waals surface area contributed by atoms with E-state index in [0.29, 0.717) is 23.4 Å². The predicted octanol–water partition coefficient (Wildman–Crippen LogP) is 2.92. The molecule has 0 atom stereocenters. The average molecular weight is 373 g/mol. The molecular formula is C18H16FN3O3S. The second kappa shape index (κ2) is 6.81. The van der Waals surface area contributed by atoms with E-state index in [-0.39, 0.29) is 22.2 Å². The molecule has 0 aliphatic carbocycles. The molecule has 0 unspecified atom stereocenters. The van der Waals surface area contributed by atoms with E-state index in [1.165, 1.54) is 28.9 Å². The van der Waals surface area contributed by atoms with Crippen LogP contribution in [0.15, 0.2) is 59.5 Å². The van der Waals surface area contributed by atoms with E-state index in [1.54, 1.807) is 37.3 Å². The number of aromatic nitrogens is 2. The maximum atomic E-state index is 13.2. The van der Waals surface area contributed by atoms with Gasteiger partial charge in [-0.25, -0.2) is 22.6 Å². The van der Waals surface area contributed by atoms with Crippen molar-refractivity contribution in [1.29, 1.82) is 0 Å². The smallest absolute Gasteiger partial charge is 0.238 e. The van der Waals surface area contributed by atoms with Gasteiger partial charge in [-0.2, -0.15) is 5.10 Å². The number of sulfonamides is 1. The highest BCUT2D eigenvalue weighted by Gasteiger charge is 2.16. The molecule has 134 valence electrons. The number of carbonyl (C=O) groups is 1. The standard InChI is InChI=1S/C18H16FN3O3S/c1-2-18(23)16-11-17(12-3-5-13(19)6-4-12)22(21-16)14-7-9-15(10-8-14)26(20,24)25/h3-11H,2H2,1H3,(H2,20,24,25). The van der Waals surface area contributed by atoms with Crippen molar-refractivity contribution >= 4 is 15.8 Å². The van der Waals surface area contributed by atoms with Gasteiger partial charge in [0.1, 0.15) is 11.5 Å². The Labute approximate surface area is 150 Å². The van der Waals surface area contributed by atoms with Crippen LogP contribution in [0.5, 0.6) is 0 Å². The Balaban J connectivity index is 2.14. The Morgan fingerprint density at radius 1 is 1.12 bits per heavy atom. The zero-order valence-electron chi connectivity index (χ0n) is 13.9. The fourth-order valence-corrected chi connectivity index (χ4v) is 3.01. The topological polar surface area (TPSA) is 95.0 Å². The second-order valence-corrected chi connectivity index (χ2v) is 7.21. The summed E-state index contributed by atoms with van der Waals surface area (Å²) in [5, 5.41) is 9.45. The van der Waals surface area contributed by atoms with E-state index in [1.807, 2.05) is 0 Å². The van der Waals surface area contributed by atoms with Crippen LogP contribution in [0.25, 0.3) is 16.9 Å². The van der Waals surface area contributed by atoms with Crippen molar-refractivity contribution in [2.75, 3.05) is 0 Å². The van der Waals surface area contributed by atoms with E-state index < -0.39 is 10.0 Å². The number of nitrogens with two attached hydrogens (primary N) is 1. The first-order valence-corrected chi connectivity index (χ1v) is 9.36. The van der Waals surface area contributed by atoms with Crippen molar-refractivity contribution in [3.8, 4) is 16.9 Å². The molecule has 0 fully saturated rings. The fourth-order valence-electron chi connectivity index (χ4n) is 2.50. The van der Waals surface area contributed by atoms with Gasteiger partial charge in [0.2, 0.25) is 10.0 Å². The summed E-state index contributed by atoms with van der Waals surface area (Å²) in [6.45, 7) is 1.74. The van der Waals surface area contributed by atoms with Crippen molar-refractivity contribution in [3.63, 3.8) is 0 Å². The van der Waals surface area contributed by atoms with Gasteiger partial charge in [0, 0.05) is 12.0 Å². The minimum Gasteiger partial charge on any atom is -0.292 e. The first kappa shape index (κ1) is 18.0. The lowest BCUT2D eigenvalue weighted by Crippen LogP contribution is -2.12. The Hall–Kier alpha value is -2.84. The van der Waals surface area contributed by atoms with Crippen LogP contribution in [0.2, 0.25) is 0 Å². The fraction of sp³-hybridized carbons (Fsp3) is 0.111. The molecule has 26 heavy (non-hydrogen) atoms. The van der Waals surface area contributed by atoms with E-state index >= 15 is 0 Å². The Bertz CT molecular complexity index is 1060. The van der Waals surface area contributed by atoms with Crippen molar-refractivity contribution in [1.82, 2.24) is 9.78 Å². The highest BCUT2D eigenvalue weighted by atomic mass is 32.2. The van der Waals surface area contributed by atoms with E-state index in [2.05, 4.69) is 5.10 Å². The summed E-state index contributed by atoms with van der Waals surface area (Å²) in [5.74, 6) is -0.504. The molecule has 1 heterocycles. The summed E-state index contributed by atoms with van der Waals surface area (Å²) in [6, 6.07) is 13.2. The molecule has 0 aliphatic heterocycles. The number of Topliss-reactive ketones (excluding diaryl/α,β-unsaturated/α-hetero) is 1. The number of carbonyl (C=O) groups excluding carboxylic acids is 1. The van der Waals surface area contributed by atoms with Crippen LogP contribution in [0.1, 0.15) is 23.8 Å². The van der Waals surface area contributed by atoms with Crippen molar-refractivity contribution in [3.05, 3.63) is 66.1 Å². The van der Waals surface area contributed by atoms with Gasteiger partial charge < -0.3 is 0 Å². The molecular weight excluding hydrogens is 357 g/mol. The summed E-state index contributed by atoms with van der Waals surface area (Å²) >= 11 is 0. The molecule has 3 aromatic rings. The molecule has 0 bridgehead atoms. The zero-order valence-corrected chi connectivity index (χ0v) is 14.7. The Morgan fingerprint density at radius 3 is 2.27 bits per heavy atom. The van der Waals surface area contributed by atoms with Crippen LogP contribution < -0.4 is 5.14 Å². The summed E-state index contributed by atoms with van der Waals surface area (Å²) in [5.41, 5.74) is 2.09. The molecule has 1 aromatic heterocycles. The van der Waals surface area contributed by atoms with Gasteiger partial charge in [0.25, 0.3) is 0 Å². The van der Waals surface area contributed by atoms with E-state index in [0.717, 1.165) is 0 Å². The minimum atomic E-state index is -3.81. The summed E-state index contributed by atoms with van der Waals surface area (Å²) in [7, 11) is -3.81. The number of nitrogens with zero attached hydrogens (tertiary/aromatic N) is 2. The number of primary sulfonamides is 1. The molecule has 0 saturated carbocycles. The van der Waals surface area contributed by atoms with Crippen LogP contribution in [0.4, 0.5) is 4.39 Å². The first-order chi connectivity index (χ1) is 12.3. The highest BCUT2D eigenvalue weighted by Crippen LogP contribution is 2.25. The molecule has 6 nitrogen and oxygen atoms in total. The molecule has 0 aliphatic rings. The Kier molecular flexibility index (Phi) is 4.71. The quantitative estimate of drug-likeness (QED) is 0.696. The molecule has 0 amide bonds. The Morgan fingerprint density at radius 2 is 1.73 bits per heavy atom. The van der Waals surface area contributed by atoms with Crippen molar-refractivity contribution in [2.45, 2.75) is 18.2 Å². The number of ketones is 1. The number of benzene rings is 2. The summed E-state index contributed by atoms with van der Waals surface area (Å²) < 4.78 is 37.6. The number of halogens is 1. The molecule has 0 spiro atoms. The molecule has 2 N–H and O–H groups in total. The van der Waals surface area contributed by atoms with Crippen LogP contribution >= 0.6 is 0 Å². The monoisotopic (exact) mass is 373 g/mol. The third kappa shape index (κ3) is 3.56. The predicted molar refractivity (Wildman–Crippen MR) is 95.0 cm³/mol. The summed E-state index contributed by atoms with van der Waals surface area (Å²) in [4.78, 5) is 12.0. The lowest BCUT2D eigenvalue weighted by Gasteiger charge is -2.08. The van der Waals surface area contributed by atoms with Crippen molar-refractivity contribution < 1.29 is 17.6 Å². The van der Waals surface area contributed by atoms with Gasteiger partial charge in [0.15, 0.2) is 5.78 Å². The van der Waals surface area contributed by atoms with Gasteiger partial charge >= 0.3 is 0 Å². The van der Waals surface area contributed by atoms with E-state index in [4.69, 9.17) is 5.14 Å². The number of rotatable bonds is 5. The maximum absolute atomic E-state index is 13.2. The molecule has 2 aromatic carbocycles. The van der Waals surface area contributed by atoms with Crippen molar-refractivity contribution in [2.24, 2.45) is 5.14 Å². The largest absolute Gasteiger partial charge is 0.292 e. The lowest BCUT2D eigenvalue weighted by molar-refractivity contribution is 0.0983. The SMILES string of the molecule is CCC(=O)c1cc(-c2ccc(F)cc2)n(-c2ccc(S(N)(=O)=O)cc2)n1. The average Bonchev–Trinajstić information content (AvgIpc) is 3.06. The van der Waals surface area contributed by atoms with Crippen LogP contribution in [0, 0.1) is 5.82 Å². The first-order valence-electron chi connectivity index (χ1n) is 7.82. The van der Waals surface area contributed by atoms with Crippen LogP contribution in [0.3, 0.4) is 0 Å². The maximum Gasteiger partial charge on any atom is 0.238 e. The molecule has 0 radical (unpaired) electrons. The van der Waals surface area contributed by atoms with Gasteiger partial charge in [-0.05, 0) is 54.6 Å². The minimum absolute atomic E-state index is 0.0263. The van der Waals surface area contributed by atoms with Gasteiger partial charge in [0.05, 0.1) is 16.3 Å². The second-order valence-electron chi connectivity index (χ2n) is 5.65. The van der Waals surface area contributed by atoms with Gasteiger partial charge in [-0.1, -0.05) is 6.92 Å². The number of hydrogen-bond acceptors (Lipinski definition) is 4. The molecule has 8 heteroatoms. The number of hydrogen-bond donors (Lipinski definition) is 1.